The Labute approximate surface area is 181 Å². The molecule has 1 fully saturated rings. The topological polar surface area (TPSA) is 120 Å². The number of piperazine rings is 1. The maximum absolute atomic E-state index is 13.1. The Morgan fingerprint density at radius 3 is 2.42 bits per heavy atom. The van der Waals surface area contributed by atoms with Crippen molar-refractivity contribution < 1.29 is 13.2 Å². The molecule has 9 nitrogen and oxygen atoms in total. The minimum atomic E-state index is -3.75. The van der Waals surface area contributed by atoms with Gasteiger partial charge in [-0.15, -0.1) is 0 Å². The molecule has 10 heteroatoms. The summed E-state index contributed by atoms with van der Waals surface area (Å²) in [4.78, 5) is 21.4. The molecule has 1 amide bonds. The molecular formula is C21H24N6O3S. The van der Waals surface area contributed by atoms with E-state index in [1.807, 2.05) is 43.1 Å². The highest BCUT2D eigenvalue weighted by molar-refractivity contribution is 7.89. The number of primary sulfonamides is 1. The van der Waals surface area contributed by atoms with Crippen molar-refractivity contribution in [1.29, 1.82) is 0 Å². The number of rotatable bonds is 4. The molecule has 2 heterocycles. The number of nitrogens with one attached hydrogen (secondary N) is 2. The van der Waals surface area contributed by atoms with Crippen molar-refractivity contribution in [3.05, 3.63) is 71.6 Å². The molecule has 2 aliphatic heterocycles. The maximum Gasteiger partial charge on any atom is 0.254 e. The second-order valence-corrected chi connectivity index (χ2v) is 9.09. The van der Waals surface area contributed by atoms with E-state index in [-0.39, 0.29) is 10.8 Å². The summed E-state index contributed by atoms with van der Waals surface area (Å²) in [5, 5.41) is 11.5. The van der Waals surface area contributed by atoms with Crippen LogP contribution in [-0.4, -0.2) is 50.3 Å². The molecule has 2 aliphatic rings. The van der Waals surface area contributed by atoms with Gasteiger partial charge in [0, 0.05) is 26.0 Å². The van der Waals surface area contributed by atoms with E-state index >= 15 is 0 Å². The molecule has 162 valence electrons. The van der Waals surface area contributed by atoms with Gasteiger partial charge in [-0.1, -0.05) is 24.3 Å². The van der Waals surface area contributed by atoms with Gasteiger partial charge in [-0.2, -0.15) is 0 Å². The second kappa shape index (κ2) is 7.71. The van der Waals surface area contributed by atoms with Gasteiger partial charge >= 0.3 is 0 Å². The number of carbonyl (C=O) groups excluding carboxylic acids is 1. The van der Waals surface area contributed by atoms with E-state index < -0.39 is 22.4 Å². The number of amides is 1. The van der Waals surface area contributed by atoms with Crippen LogP contribution in [0.4, 0.5) is 5.69 Å². The molecule has 31 heavy (non-hydrogen) atoms. The molecule has 1 saturated heterocycles. The van der Waals surface area contributed by atoms with Gasteiger partial charge in [-0.05, 0) is 42.3 Å². The number of hydrogen-bond acceptors (Lipinski definition) is 7. The van der Waals surface area contributed by atoms with Gasteiger partial charge < -0.3 is 20.4 Å². The molecule has 4 rings (SSSR count). The lowest BCUT2D eigenvalue weighted by Gasteiger charge is -2.43. The fraction of sp³-hybridized carbons (Fsp3) is 0.238. The lowest BCUT2D eigenvalue weighted by molar-refractivity contribution is -0.133. The summed E-state index contributed by atoms with van der Waals surface area (Å²) in [6, 6.07) is 13.5. The van der Waals surface area contributed by atoms with E-state index in [2.05, 4.69) is 10.6 Å². The van der Waals surface area contributed by atoms with Gasteiger partial charge in [0.25, 0.3) is 5.91 Å². The molecule has 0 radical (unpaired) electrons. The SMILES string of the molecule is Cc1ccccc1[C@H]1C(=O)N(C)C2=CNC(Nc3ccc(S(N)(=O)=O)cc3)N=C2N1C. The molecule has 0 aromatic heterocycles. The smallest absolute Gasteiger partial charge is 0.254 e. The summed E-state index contributed by atoms with van der Waals surface area (Å²) in [7, 11) is -0.149. The molecule has 0 spiro atoms. The van der Waals surface area contributed by atoms with E-state index in [0.717, 1.165) is 11.1 Å². The summed E-state index contributed by atoms with van der Waals surface area (Å²) in [6.45, 7) is 1.99. The van der Waals surface area contributed by atoms with E-state index in [1.165, 1.54) is 12.1 Å². The molecule has 2 aromatic rings. The van der Waals surface area contributed by atoms with Crippen LogP contribution in [0, 0.1) is 6.92 Å². The van der Waals surface area contributed by atoms with Crippen LogP contribution < -0.4 is 15.8 Å². The number of aryl methyl sites for hydroxylation is 1. The van der Waals surface area contributed by atoms with Gasteiger partial charge in [-0.25, -0.2) is 18.5 Å². The van der Waals surface area contributed by atoms with Crippen molar-refractivity contribution in [3.8, 4) is 0 Å². The number of likely N-dealkylation sites (N-methyl/N-ethyl adjacent to an activating group) is 2. The zero-order valence-electron chi connectivity index (χ0n) is 17.4. The fourth-order valence-corrected chi connectivity index (χ4v) is 4.28. The van der Waals surface area contributed by atoms with Crippen LogP contribution >= 0.6 is 0 Å². The summed E-state index contributed by atoms with van der Waals surface area (Å²) in [5.41, 5.74) is 3.32. The summed E-state index contributed by atoms with van der Waals surface area (Å²) < 4.78 is 22.9. The number of carbonyl (C=O) groups is 1. The monoisotopic (exact) mass is 440 g/mol. The molecule has 0 aliphatic carbocycles. The minimum absolute atomic E-state index is 0.0335. The Balaban J connectivity index is 1.61. The molecule has 1 unspecified atom stereocenters. The van der Waals surface area contributed by atoms with Gasteiger partial charge in [0.05, 0.1) is 4.90 Å². The number of hydrogen-bond donors (Lipinski definition) is 3. The summed E-state index contributed by atoms with van der Waals surface area (Å²) in [5.74, 6) is 0.640. The number of nitrogens with two attached hydrogens (primary N) is 1. The zero-order valence-corrected chi connectivity index (χ0v) is 18.2. The van der Waals surface area contributed by atoms with Gasteiger partial charge in [0.1, 0.15) is 11.7 Å². The van der Waals surface area contributed by atoms with Crippen molar-refractivity contribution in [3.63, 3.8) is 0 Å². The second-order valence-electron chi connectivity index (χ2n) is 7.53. The van der Waals surface area contributed by atoms with E-state index in [4.69, 9.17) is 10.1 Å². The molecule has 0 bridgehead atoms. The lowest BCUT2D eigenvalue weighted by Crippen LogP contribution is -2.54. The third-order valence-corrected chi connectivity index (χ3v) is 6.40. The molecule has 2 atom stereocenters. The predicted octanol–water partition coefficient (Wildman–Crippen LogP) is 1.33. The van der Waals surface area contributed by atoms with Gasteiger partial charge in [0.15, 0.2) is 12.1 Å². The third-order valence-electron chi connectivity index (χ3n) is 5.47. The van der Waals surface area contributed by atoms with Crippen molar-refractivity contribution in [2.24, 2.45) is 10.1 Å². The van der Waals surface area contributed by atoms with Gasteiger partial charge in [0.2, 0.25) is 10.0 Å². The number of anilines is 1. The highest BCUT2D eigenvalue weighted by Gasteiger charge is 2.40. The summed E-state index contributed by atoms with van der Waals surface area (Å²) >= 11 is 0. The minimum Gasteiger partial charge on any atom is -0.351 e. The quantitative estimate of drug-likeness (QED) is 0.660. The van der Waals surface area contributed by atoms with Crippen molar-refractivity contribution >= 4 is 27.5 Å². The number of nitrogens with zero attached hydrogens (tertiary/aromatic N) is 3. The standard InChI is InChI=1S/C21H24N6O3S/c1-13-6-4-5-7-16(13)18-20(28)26(2)17-12-23-21(25-19(17)27(18)3)24-14-8-10-15(11-9-14)31(22,29)30/h4-12,18,21,23-24H,1-3H3,(H2,22,29,30)/t18-,21?/m0/s1. The zero-order chi connectivity index (χ0) is 22.3. The summed E-state index contributed by atoms with van der Waals surface area (Å²) in [6.07, 6.45) is 1.25. The van der Waals surface area contributed by atoms with Crippen LogP contribution in [0.15, 0.2) is 70.3 Å². The predicted molar refractivity (Wildman–Crippen MR) is 118 cm³/mol. The Morgan fingerprint density at radius 2 is 1.77 bits per heavy atom. The molecule has 2 aromatic carbocycles. The van der Waals surface area contributed by atoms with Crippen LogP contribution in [0.1, 0.15) is 17.2 Å². The Bertz CT molecular complexity index is 1190. The van der Waals surface area contributed by atoms with Crippen LogP contribution in [0.25, 0.3) is 0 Å². The molecular weight excluding hydrogens is 416 g/mol. The largest absolute Gasteiger partial charge is 0.351 e. The average Bonchev–Trinajstić information content (AvgIpc) is 2.73. The number of amidine groups is 1. The van der Waals surface area contributed by atoms with Crippen LogP contribution in [0.2, 0.25) is 0 Å². The van der Waals surface area contributed by atoms with Gasteiger partial charge in [-0.3, -0.25) is 4.79 Å². The maximum atomic E-state index is 13.1. The first-order valence-corrected chi connectivity index (χ1v) is 11.2. The lowest BCUT2D eigenvalue weighted by atomic mass is 9.96. The van der Waals surface area contributed by atoms with E-state index in [1.54, 1.807) is 30.3 Å². The van der Waals surface area contributed by atoms with E-state index in [9.17, 15) is 13.2 Å². The first-order valence-electron chi connectivity index (χ1n) is 9.66. The Morgan fingerprint density at radius 1 is 1.10 bits per heavy atom. The number of aliphatic imine (C=N–C) groups is 1. The number of sulfonamides is 1. The van der Waals surface area contributed by atoms with Crippen LogP contribution in [0.3, 0.4) is 0 Å². The Hall–Kier alpha value is -3.37. The van der Waals surface area contributed by atoms with Crippen molar-refractivity contribution in [2.75, 3.05) is 19.4 Å². The van der Waals surface area contributed by atoms with Crippen molar-refractivity contribution in [2.45, 2.75) is 24.2 Å². The highest BCUT2D eigenvalue weighted by atomic mass is 32.2. The fourth-order valence-electron chi connectivity index (χ4n) is 3.76. The third kappa shape index (κ3) is 3.87. The van der Waals surface area contributed by atoms with Crippen LogP contribution in [0.5, 0.6) is 0 Å². The number of fused-ring (bicyclic) bond motifs is 1. The Kier molecular flexibility index (Phi) is 5.19. The molecule has 0 saturated carbocycles. The van der Waals surface area contributed by atoms with Crippen LogP contribution in [-0.2, 0) is 14.8 Å². The molecule has 4 N–H and O–H groups in total. The first-order chi connectivity index (χ1) is 14.7. The number of benzene rings is 2. The highest BCUT2D eigenvalue weighted by Crippen LogP contribution is 2.33. The normalized spacial score (nSPS) is 21.1. The average molecular weight is 441 g/mol. The van der Waals surface area contributed by atoms with E-state index in [0.29, 0.717) is 17.2 Å². The first kappa shape index (κ1) is 20.9. The van der Waals surface area contributed by atoms with Crippen molar-refractivity contribution in [1.82, 2.24) is 15.1 Å².